The first-order valence-corrected chi connectivity index (χ1v) is 8.75. The molecule has 0 fully saturated rings. The molecular formula is C20H23N5O2. The number of imidazole rings is 1. The first-order valence-electron chi connectivity index (χ1n) is 8.75. The molecule has 0 aliphatic carbocycles. The Kier molecular flexibility index (Phi) is 5.95. The Bertz CT molecular complexity index is 886. The number of nitrogens with one attached hydrogen (secondary N) is 3. The summed E-state index contributed by atoms with van der Waals surface area (Å²) in [5, 5.41) is 14.7. The lowest BCUT2D eigenvalue weighted by Gasteiger charge is -2.12. The van der Waals surface area contributed by atoms with Gasteiger partial charge < -0.3 is 20.7 Å². The maximum Gasteiger partial charge on any atom is 0.239 e. The fourth-order valence-electron chi connectivity index (χ4n) is 2.72. The number of aromatic amines is 1. The summed E-state index contributed by atoms with van der Waals surface area (Å²) in [6.45, 7) is 1.99. The Morgan fingerprint density at radius 1 is 1.22 bits per heavy atom. The van der Waals surface area contributed by atoms with Gasteiger partial charge in [0, 0.05) is 11.8 Å². The number of hydrogen-bond acceptors (Lipinski definition) is 5. The van der Waals surface area contributed by atoms with Crippen LogP contribution in [0.3, 0.4) is 0 Å². The quantitative estimate of drug-likeness (QED) is 0.510. The lowest BCUT2D eigenvalue weighted by molar-refractivity contribution is -0.124. The minimum absolute atomic E-state index is 0.225. The molecule has 2 aromatic heterocycles. The van der Waals surface area contributed by atoms with Crippen LogP contribution in [0.2, 0.25) is 0 Å². The number of aliphatic hydroxyl groups excluding tert-OH is 1. The molecule has 0 saturated heterocycles. The Labute approximate surface area is 157 Å². The van der Waals surface area contributed by atoms with Gasteiger partial charge in [-0.2, -0.15) is 0 Å². The number of amides is 1. The summed E-state index contributed by atoms with van der Waals surface area (Å²) in [5.41, 5.74) is 4.50. The molecule has 0 radical (unpaired) electrons. The highest BCUT2D eigenvalue weighted by Gasteiger charge is 2.18. The first-order chi connectivity index (χ1) is 13.1. The van der Waals surface area contributed by atoms with Crippen LogP contribution in [0.4, 0.5) is 0 Å². The topological polar surface area (TPSA) is 103 Å². The van der Waals surface area contributed by atoms with E-state index in [2.05, 4.69) is 25.6 Å². The number of rotatable bonds is 7. The molecule has 27 heavy (non-hydrogen) atoms. The summed E-state index contributed by atoms with van der Waals surface area (Å²) in [7, 11) is 1.63. The number of nitrogens with zero attached hydrogens (tertiary/aromatic N) is 2. The van der Waals surface area contributed by atoms with Gasteiger partial charge in [0.2, 0.25) is 5.91 Å². The third-order valence-corrected chi connectivity index (χ3v) is 4.28. The maximum atomic E-state index is 12.1. The maximum absolute atomic E-state index is 12.1. The van der Waals surface area contributed by atoms with Crippen LogP contribution in [-0.4, -0.2) is 45.7 Å². The van der Waals surface area contributed by atoms with Gasteiger partial charge in [0.25, 0.3) is 0 Å². The summed E-state index contributed by atoms with van der Waals surface area (Å²) in [6.07, 6.45) is 1.73. The average molecular weight is 365 g/mol. The minimum atomic E-state index is -0.646. The van der Waals surface area contributed by atoms with E-state index in [0.29, 0.717) is 5.82 Å². The van der Waals surface area contributed by atoms with Crippen molar-refractivity contribution in [1.29, 1.82) is 0 Å². The van der Waals surface area contributed by atoms with Crippen molar-refractivity contribution in [1.82, 2.24) is 25.6 Å². The van der Waals surface area contributed by atoms with Crippen LogP contribution in [-0.2, 0) is 11.3 Å². The number of likely N-dealkylation sites (N-methyl/N-ethyl adjacent to an activating group) is 1. The Balaban J connectivity index is 1.90. The third-order valence-electron chi connectivity index (χ3n) is 4.28. The normalized spacial score (nSPS) is 12.0. The predicted molar refractivity (Wildman–Crippen MR) is 104 cm³/mol. The highest BCUT2D eigenvalue weighted by atomic mass is 16.3. The third kappa shape index (κ3) is 4.39. The molecular weight excluding hydrogens is 342 g/mol. The number of aryl methyl sites for hydroxylation is 1. The van der Waals surface area contributed by atoms with Crippen molar-refractivity contribution in [2.24, 2.45) is 0 Å². The van der Waals surface area contributed by atoms with Gasteiger partial charge in [0.15, 0.2) is 0 Å². The molecule has 0 bridgehead atoms. The molecule has 0 unspecified atom stereocenters. The Morgan fingerprint density at radius 3 is 2.63 bits per heavy atom. The number of hydrogen-bond donors (Lipinski definition) is 4. The molecule has 4 N–H and O–H groups in total. The van der Waals surface area contributed by atoms with Crippen molar-refractivity contribution in [2.45, 2.75) is 19.5 Å². The second-order valence-corrected chi connectivity index (χ2v) is 6.23. The van der Waals surface area contributed by atoms with Crippen LogP contribution in [0.5, 0.6) is 0 Å². The number of aromatic nitrogens is 3. The van der Waals surface area contributed by atoms with E-state index in [-0.39, 0.29) is 19.1 Å². The zero-order valence-electron chi connectivity index (χ0n) is 15.4. The minimum Gasteiger partial charge on any atom is -0.394 e. The Morgan fingerprint density at radius 2 is 2.00 bits per heavy atom. The van der Waals surface area contributed by atoms with Crippen molar-refractivity contribution in [3.8, 4) is 22.6 Å². The van der Waals surface area contributed by atoms with E-state index in [9.17, 15) is 9.90 Å². The Hall–Kier alpha value is -3.03. The van der Waals surface area contributed by atoms with Crippen molar-refractivity contribution in [3.63, 3.8) is 0 Å². The van der Waals surface area contributed by atoms with Crippen LogP contribution in [0, 0.1) is 6.92 Å². The lowest BCUT2D eigenvalue weighted by atomic mass is 10.1. The lowest BCUT2D eigenvalue weighted by Crippen LogP contribution is -2.44. The molecule has 0 aliphatic rings. The van der Waals surface area contributed by atoms with Gasteiger partial charge >= 0.3 is 0 Å². The van der Waals surface area contributed by atoms with Crippen LogP contribution in [0.25, 0.3) is 22.6 Å². The smallest absolute Gasteiger partial charge is 0.239 e. The molecule has 140 valence electrons. The van der Waals surface area contributed by atoms with Crippen LogP contribution < -0.4 is 10.6 Å². The first kappa shape index (κ1) is 18.8. The SMILES string of the molecule is CN[C@@H](CO)C(=O)NCc1nc(-c2ccc(C)cc2)c(-c2ccccn2)[nH]1. The average Bonchev–Trinajstić information content (AvgIpc) is 3.13. The number of carbonyl (C=O) groups is 1. The predicted octanol–water partition coefficient (Wildman–Crippen LogP) is 1.64. The van der Waals surface area contributed by atoms with Crippen LogP contribution in [0.15, 0.2) is 48.7 Å². The van der Waals surface area contributed by atoms with E-state index in [1.54, 1.807) is 13.2 Å². The summed E-state index contributed by atoms with van der Waals surface area (Å²) >= 11 is 0. The molecule has 0 aliphatic heterocycles. The monoisotopic (exact) mass is 365 g/mol. The second-order valence-electron chi connectivity index (χ2n) is 6.23. The molecule has 0 saturated carbocycles. The van der Waals surface area contributed by atoms with Gasteiger partial charge in [-0.3, -0.25) is 9.78 Å². The van der Waals surface area contributed by atoms with E-state index in [4.69, 9.17) is 0 Å². The van der Waals surface area contributed by atoms with E-state index in [1.807, 2.05) is 49.4 Å². The highest BCUT2D eigenvalue weighted by molar-refractivity contribution is 5.82. The standard InChI is InChI=1S/C20H23N5O2/c1-13-6-8-14(9-7-13)18-19(15-5-3-4-10-22-15)25-17(24-18)11-23-20(27)16(12-26)21-2/h3-10,16,21,26H,11-12H2,1-2H3,(H,23,27)(H,24,25)/t16-/m0/s1. The molecule has 1 aromatic carbocycles. The highest BCUT2D eigenvalue weighted by Crippen LogP contribution is 2.29. The van der Waals surface area contributed by atoms with Gasteiger partial charge in [0.05, 0.1) is 30.2 Å². The van der Waals surface area contributed by atoms with E-state index in [0.717, 1.165) is 22.6 Å². The summed E-state index contributed by atoms with van der Waals surface area (Å²) in [5.74, 6) is 0.333. The van der Waals surface area contributed by atoms with Gasteiger partial charge in [-0.05, 0) is 26.1 Å². The number of carbonyl (C=O) groups excluding carboxylic acids is 1. The molecule has 0 spiro atoms. The van der Waals surface area contributed by atoms with Crippen molar-refractivity contribution < 1.29 is 9.90 Å². The van der Waals surface area contributed by atoms with Gasteiger partial charge in [-0.1, -0.05) is 35.9 Å². The zero-order valence-corrected chi connectivity index (χ0v) is 15.4. The summed E-state index contributed by atoms with van der Waals surface area (Å²) in [4.78, 5) is 24.4. The van der Waals surface area contributed by atoms with Crippen molar-refractivity contribution in [3.05, 3.63) is 60.0 Å². The summed E-state index contributed by atoms with van der Waals surface area (Å²) in [6, 6.07) is 13.1. The summed E-state index contributed by atoms with van der Waals surface area (Å²) < 4.78 is 0. The van der Waals surface area contributed by atoms with Crippen LogP contribution in [0.1, 0.15) is 11.4 Å². The van der Waals surface area contributed by atoms with Crippen molar-refractivity contribution in [2.75, 3.05) is 13.7 Å². The van der Waals surface area contributed by atoms with Gasteiger partial charge in [0.1, 0.15) is 11.9 Å². The molecule has 1 amide bonds. The molecule has 2 heterocycles. The largest absolute Gasteiger partial charge is 0.394 e. The van der Waals surface area contributed by atoms with E-state index in [1.165, 1.54) is 5.56 Å². The van der Waals surface area contributed by atoms with E-state index < -0.39 is 6.04 Å². The molecule has 7 heteroatoms. The fraction of sp³-hybridized carbons (Fsp3) is 0.250. The van der Waals surface area contributed by atoms with Crippen LogP contribution >= 0.6 is 0 Å². The van der Waals surface area contributed by atoms with Gasteiger partial charge in [-0.15, -0.1) is 0 Å². The zero-order chi connectivity index (χ0) is 19.2. The van der Waals surface area contributed by atoms with Gasteiger partial charge in [-0.25, -0.2) is 4.98 Å². The molecule has 3 rings (SSSR count). The number of benzene rings is 1. The molecule has 3 aromatic rings. The molecule has 7 nitrogen and oxygen atoms in total. The van der Waals surface area contributed by atoms with E-state index >= 15 is 0 Å². The number of H-pyrrole nitrogens is 1. The number of pyridine rings is 1. The fourth-order valence-corrected chi connectivity index (χ4v) is 2.72. The number of aliphatic hydroxyl groups is 1. The second kappa shape index (κ2) is 8.57. The molecule has 1 atom stereocenters. The van der Waals surface area contributed by atoms with Crippen molar-refractivity contribution >= 4 is 5.91 Å².